The Kier molecular flexibility index (Phi) is 5.00. The van der Waals surface area contributed by atoms with E-state index in [2.05, 4.69) is 12.1 Å². The van der Waals surface area contributed by atoms with E-state index in [1.807, 2.05) is 12.1 Å². The monoisotopic (exact) mass is 304 g/mol. The minimum atomic E-state index is 0.732. The molecule has 114 valence electrons. The molecule has 0 heterocycles. The van der Waals surface area contributed by atoms with Crippen molar-refractivity contribution in [2.24, 2.45) is 17.8 Å². The summed E-state index contributed by atoms with van der Waals surface area (Å²) in [5.41, 5.74) is 1.47. The van der Waals surface area contributed by atoms with Crippen LogP contribution in [0.15, 0.2) is 24.3 Å². The highest BCUT2D eigenvalue weighted by Crippen LogP contribution is 2.48. The largest absolute Gasteiger partial charge is 0.303 e. The van der Waals surface area contributed by atoms with E-state index in [0.717, 1.165) is 47.8 Å². The predicted octanol–water partition coefficient (Wildman–Crippen LogP) is 5.62. The van der Waals surface area contributed by atoms with E-state index in [4.69, 9.17) is 11.6 Å². The van der Waals surface area contributed by atoms with Crippen LogP contribution in [0, 0.1) is 17.8 Å². The van der Waals surface area contributed by atoms with Crippen molar-refractivity contribution in [2.45, 2.75) is 57.3 Å². The minimum absolute atomic E-state index is 0.732. The average Bonchev–Trinajstić information content (AvgIpc) is 2.53. The zero-order valence-electron chi connectivity index (χ0n) is 12.6. The van der Waals surface area contributed by atoms with E-state index in [1.165, 1.54) is 44.1 Å². The molecule has 2 fully saturated rings. The van der Waals surface area contributed by atoms with Crippen LogP contribution in [0.25, 0.3) is 0 Å². The highest BCUT2D eigenvalue weighted by atomic mass is 35.5. The first-order valence-electron chi connectivity index (χ1n) is 8.45. The second-order valence-corrected chi connectivity index (χ2v) is 7.44. The quantitative estimate of drug-likeness (QED) is 0.660. The van der Waals surface area contributed by atoms with E-state index >= 15 is 0 Å². The van der Waals surface area contributed by atoms with Crippen molar-refractivity contribution in [3.05, 3.63) is 34.9 Å². The summed E-state index contributed by atoms with van der Waals surface area (Å²) >= 11 is 5.99. The second kappa shape index (κ2) is 6.96. The van der Waals surface area contributed by atoms with Gasteiger partial charge >= 0.3 is 0 Å². The lowest BCUT2D eigenvalue weighted by Gasteiger charge is -2.42. The fourth-order valence-corrected chi connectivity index (χ4v) is 4.72. The number of hydrogen-bond acceptors (Lipinski definition) is 1. The van der Waals surface area contributed by atoms with Gasteiger partial charge in [-0.05, 0) is 79.9 Å². The maximum absolute atomic E-state index is 10.5. The molecule has 2 aliphatic carbocycles. The number of fused-ring (bicyclic) bond motifs is 1. The van der Waals surface area contributed by atoms with Crippen LogP contribution in [0.4, 0.5) is 0 Å². The molecule has 0 saturated heterocycles. The third kappa shape index (κ3) is 3.69. The molecular formula is C19H25ClO. The number of hydrogen-bond donors (Lipinski definition) is 0. The van der Waals surface area contributed by atoms with Crippen LogP contribution in [-0.2, 0) is 4.79 Å². The van der Waals surface area contributed by atoms with Crippen LogP contribution in [-0.4, -0.2) is 6.29 Å². The first kappa shape index (κ1) is 15.1. The molecule has 3 rings (SSSR count). The highest BCUT2D eigenvalue weighted by molar-refractivity contribution is 6.30. The van der Waals surface area contributed by atoms with E-state index < -0.39 is 0 Å². The third-order valence-corrected chi connectivity index (χ3v) is 6.01. The van der Waals surface area contributed by atoms with Crippen molar-refractivity contribution in [1.29, 1.82) is 0 Å². The number of carbonyl (C=O) groups excluding carboxylic acids is 1. The molecule has 0 radical (unpaired) electrons. The van der Waals surface area contributed by atoms with Crippen molar-refractivity contribution >= 4 is 17.9 Å². The Balaban J connectivity index is 1.57. The lowest BCUT2D eigenvalue weighted by atomic mass is 9.63. The average molecular weight is 305 g/mol. The van der Waals surface area contributed by atoms with Gasteiger partial charge in [0.15, 0.2) is 0 Å². The Labute approximate surface area is 133 Å². The van der Waals surface area contributed by atoms with Gasteiger partial charge in [0.25, 0.3) is 0 Å². The molecule has 0 spiro atoms. The number of aldehydes is 1. The molecule has 0 bridgehead atoms. The Morgan fingerprint density at radius 1 is 1.00 bits per heavy atom. The molecule has 0 N–H and O–H groups in total. The first-order valence-corrected chi connectivity index (χ1v) is 8.83. The molecule has 0 aliphatic heterocycles. The summed E-state index contributed by atoms with van der Waals surface area (Å²) in [6, 6.07) is 8.48. The zero-order valence-corrected chi connectivity index (χ0v) is 13.4. The zero-order chi connectivity index (χ0) is 14.7. The molecule has 0 aromatic heterocycles. The molecule has 1 nitrogen and oxygen atoms in total. The van der Waals surface area contributed by atoms with Crippen molar-refractivity contribution in [3.8, 4) is 0 Å². The maximum Gasteiger partial charge on any atom is 0.120 e. The molecule has 4 atom stereocenters. The smallest absolute Gasteiger partial charge is 0.120 e. The predicted molar refractivity (Wildman–Crippen MR) is 87.7 cm³/mol. The minimum Gasteiger partial charge on any atom is -0.303 e. The molecule has 21 heavy (non-hydrogen) atoms. The van der Waals surface area contributed by atoms with Crippen LogP contribution in [0.5, 0.6) is 0 Å². The van der Waals surface area contributed by atoms with Crippen LogP contribution < -0.4 is 0 Å². The Morgan fingerprint density at radius 2 is 1.71 bits per heavy atom. The summed E-state index contributed by atoms with van der Waals surface area (Å²) in [5, 5.41) is 0.836. The highest BCUT2D eigenvalue weighted by Gasteiger charge is 2.35. The van der Waals surface area contributed by atoms with Gasteiger partial charge < -0.3 is 4.79 Å². The Bertz CT molecular complexity index is 467. The molecule has 0 amide bonds. The lowest BCUT2D eigenvalue weighted by Crippen LogP contribution is -2.30. The molecule has 2 saturated carbocycles. The van der Waals surface area contributed by atoms with E-state index in [-0.39, 0.29) is 0 Å². The fraction of sp³-hybridized carbons (Fsp3) is 0.632. The molecule has 2 aliphatic rings. The molecule has 2 heteroatoms. The van der Waals surface area contributed by atoms with Gasteiger partial charge in [-0.3, -0.25) is 0 Å². The molecule has 1 unspecified atom stereocenters. The lowest BCUT2D eigenvalue weighted by molar-refractivity contribution is -0.108. The first-order chi connectivity index (χ1) is 10.3. The van der Waals surface area contributed by atoms with Gasteiger partial charge in [0, 0.05) is 11.4 Å². The number of halogens is 1. The summed E-state index contributed by atoms with van der Waals surface area (Å²) in [5.74, 6) is 3.37. The van der Waals surface area contributed by atoms with E-state index in [9.17, 15) is 4.79 Å². The van der Waals surface area contributed by atoms with Crippen molar-refractivity contribution in [3.63, 3.8) is 0 Å². The van der Waals surface area contributed by atoms with E-state index in [0.29, 0.717) is 0 Å². The van der Waals surface area contributed by atoms with Gasteiger partial charge in [0.05, 0.1) is 0 Å². The summed E-state index contributed by atoms with van der Waals surface area (Å²) in [6.45, 7) is 0. The standard InChI is InChI=1S/C19H25ClO/c20-19-9-7-15(8-10-19)17-6-5-16-12-14(2-1-11-21)3-4-18(16)13-17/h7-11,14,16-18H,1-6,12-13H2/t14-,16-,17?,18-/m1/s1. The van der Waals surface area contributed by atoms with Gasteiger partial charge in [0.2, 0.25) is 0 Å². The van der Waals surface area contributed by atoms with Crippen LogP contribution in [0.3, 0.4) is 0 Å². The summed E-state index contributed by atoms with van der Waals surface area (Å²) < 4.78 is 0. The van der Waals surface area contributed by atoms with Crippen molar-refractivity contribution in [2.75, 3.05) is 0 Å². The Morgan fingerprint density at radius 3 is 2.48 bits per heavy atom. The Hall–Kier alpha value is -0.820. The third-order valence-electron chi connectivity index (χ3n) is 5.76. The molecule has 1 aromatic rings. The number of carbonyl (C=O) groups is 1. The summed E-state index contributed by atoms with van der Waals surface area (Å²) in [6.07, 6.45) is 11.1. The van der Waals surface area contributed by atoms with Gasteiger partial charge in [-0.15, -0.1) is 0 Å². The molecular weight excluding hydrogens is 280 g/mol. The number of benzene rings is 1. The SMILES string of the molecule is O=CCC[C@@H]1CC[C@@H]2CC(c3ccc(Cl)cc3)CC[C@@H]2C1. The van der Waals surface area contributed by atoms with E-state index in [1.54, 1.807) is 0 Å². The van der Waals surface area contributed by atoms with Crippen LogP contribution in [0.1, 0.15) is 62.8 Å². The van der Waals surface area contributed by atoms with Crippen LogP contribution in [0.2, 0.25) is 5.02 Å². The van der Waals surface area contributed by atoms with Crippen LogP contribution >= 0.6 is 11.6 Å². The van der Waals surface area contributed by atoms with Gasteiger partial charge in [-0.25, -0.2) is 0 Å². The number of rotatable bonds is 4. The maximum atomic E-state index is 10.5. The van der Waals surface area contributed by atoms with Crippen molar-refractivity contribution in [1.82, 2.24) is 0 Å². The second-order valence-electron chi connectivity index (χ2n) is 7.00. The molecule has 1 aromatic carbocycles. The topological polar surface area (TPSA) is 17.1 Å². The van der Waals surface area contributed by atoms with Gasteiger partial charge in [-0.2, -0.15) is 0 Å². The van der Waals surface area contributed by atoms with Crippen molar-refractivity contribution < 1.29 is 4.79 Å². The van der Waals surface area contributed by atoms with Gasteiger partial charge in [-0.1, -0.05) is 30.2 Å². The fourth-order valence-electron chi connectivity index (χ4n) is 4.59. The normalized spacial score (nSPS) is 32.4. The summed E-state index contributed by atoms with van der Waals surface area (Å²) in [4.78, 5) is 10.5. The summed E-state index contributed by atoms with van der Waals surface area (Å²) in [7, 11) is 0. The van der Waals surface area contributed by atoms with Gasteiger partial charge in [0.1, 0.15) is 6.29 Å².